The molecule has 7 nitrogen and oxygen atoms in total. The largest absolute Gasteiger partial charge is 0.497 e. The molecule has 116 valence electrons. The summed E-state index contributed by atoms with van der Waals surface area (Å²) in [5.41, 5.74) is 0.753. The number of carboxylic acids is 1. The van der Waals surface area contributed by atoms with E-state index in [2.05, 4.69) is 15.2 Å². The van der Waals surface area contributed by atoms with E-state index in [9.17, 15) is 9.90 Å². The summed E-state index contributed by atoms with van der Waals surface area (Å²) in [5.74, 6) is -0.469. The van der Waals surface area contributed by atoms with Gasteiger partial charge in [0.1, 0.15) is 11.4 Å². The van der Waals surface area contributed by atoms with Crippen LogP contribution >= 0.6 is 11.6 Å². The molecule has 2 heterocycles. The number of carboxylic acid groups (broad SMARTS) is 1. The molecule has 0 amide bonds. The highest BCUT2D eigenvalue weighted by Gasteiger charge is 2.18. The number of hydrogen-bond acceptors (Lipinski definition) is 5. The van der Waals surface area contributed by atoms with Crippen molar-refractivity contribution in [2.45, 2.75) is 0 Å². The normalized spacial score (nSPS) is 11.2. The Bertz CT molecular complexity index is 920. The van der Waals surface area contributed by atoms with Crippen LogP contribution in [0, 0.1) is 0 Å². The summed E-state index contributed by atoms with van der Waals surface area (Å²) < 4.78 is 6.59. The number of aromatic carboxylic acids is 1. The van der Waals surface area contributed by atoms with E-state index >= 15 is 0 Å². The van der Waals surface area contributed by atoms with Crippen LogP contribution in [0.1, 0.15) is 10.5 Å². The van der Waals surface area contributed by atoms with E-state index in [1.54, 1.807) is 43.5 Å². The molecule has 3 aromatic rings. The maximum absolute atomic E-state index is 11.4. The lowest BCUT2D eigenvalue weighted by atomic mass is 10.3. The molecule has 0 aliphatic heterocycles. The van der Waals surface area contributed by atoms with Gasteiger partial charge >= 0.3 is 5.97 Å². The molecule has 0 saturated carbocycles. The summed E-state index contributed by atoms with van der Waals surface area (Å²) in [7, 11) is 1.55. The predicted molar refractivity (Wildman–Crippen MR) is 84.3 cm³/mol. The Morgan fingerprint density at radius 2 is 2.13 bits per heavy atom. The van der Waals surface area contributed by atoms with Gasteiger partial charge in [-0.2, -0.15) is 0 Å². The van der Waals surface area contributed by atoms with Gasteiger partial charge in [-0.05, 0) is 24.3 Å². The number of carbonyl (C=O) groups is 1. The van der Waals surface area contributed by atoms with Crippen molar-refractivity contribution in [1.82, 2.24) is 9.38 Å². The molecule has 0 bridgehead atoms. The molecule has 2 aromatic heterocycles. The summed E-state index contributed by atoms with van der Waals surface area (Å²) >= 11 is 5.95. The molecular weight excluding hydrogens is 320 g/mol. The van der Waals surface area contributed by atoms with Gasteiger partial charge < -0.3 is 9.84 Å². The second-order valence-corrected chi connectivity index (χ2v) is 5.00. The van der Waals surface area contributed by atoms with Crippen LogP contribution in [0.4, 0.5) is 11.5 Å². The highest BCUT2D eigenvalue weighted by atomic mass is 35.5. The average molecular weight is 331 g/mol. The van der Waals surface area contributed by atoms with E-state index in [-0.39, 0.29) is 11.5 Å². The molecule has 3 rings (SSSR count). The minimum atomic E-state index is -1.19. The van der Waals surface area contributed by atoms with E-state index in [0.717, 1.165) is 0 Å². The number of nitrogens with zero attached hydrogens (tertiary/aromatic N) is 4. The van der Waals surface area contributed by atoms with Crippen molar-refractivity contribution in [3.8, 4) is 5.75 Å². The van der Waals surface area contributed by atoms with E-state index < -0.39 is 5.97 Å². The van der Waals surface area contributed by atoms with Crippen LogP contribution in [-0.4, -0.2) is 27.6 Å². The molecule has 0 fully saturated rings. The Balaban J connectivity index is 2.10. The monoisotopic (exact) mass is 330 g/mol. The van der Waals surface area contributed by atoms with Gasteiger partial charge in [-0.25, -0.2) is 9.78 Å². The van der Waals surface area contributed by atoms with Crippen LogP contribution in [0.5, 0.6) is 5.75 Å². The number of azo groups is 1. The first-order valence-corrected chi connectivity index (χ1v) is 6.93. The van der Waals surface area contributed by atoms with Gasteiger partial charge in [0.2, 0.25) is 0 Å². The van der Waals surface area contributed by atoms with Crippen molar-refractivity contribution in [2.24, 2.45) is 10.2 Å². The van der Waals surface area contributed by atoms with E-state index in [4.69, 9.17) is 16.3 Å². The van der Waals surface area contributed by atoms with E-state index in [1.165, 1.54) is 10.6 Å². The fraction of sp³-hybridized carbons (Fsp3) is 0.0667. The molecule has 8 heteroatoms. The summed E-state index contributed by atoms with van der Waals surface area (Å²) in [6, 6.07) is 10.2. The van der Waals surface area contributed by atoms with Crippen LogP contribution < -0.4 is 4.74 Å². The topological polar surface area (TPSA) is 88.5 Å². The Labute approximate surface area is 135 Å². The predicted octanol–water partition coefficient (Wildman–Crippen LogP) is 4.11. The third-order valence-electron chi connectivity index (χ3n) is 3.07. The molecule has 0 aliphatic rings. The quantitative estimate of drug-likeness (QED) is 0.729. The molecule has 0 saturated heterocycles. The first-order chi connectivity index (χ1) is 11.1. The summed E-state index contributed by atoms with van der Waals surface area (Å²) in [6.07, 6.45) is 1.54. The molecule has 0 aliphatic carbocycles. The average Bonchev–Trinajstić information content (AvgIpc) is 2.91. The number of benzene rings is 1. The number of halogens is 1. The highest BCUT2D eigenvalue weighted by Crippen LogP contribution is 2.27. The Morgan fingerprint density at radius 1 is 1.30 bits per heavy atom. The zero-order valence-electron chi connectivity index (χ0n) is 12.0. The lowest BCUT2D eigenvalue weighted by molar-refractivity contribution is 0.0692. The van der Waals surface area contributed by atoms with E-state index in [1.807, 2.05) is 0 Å². The maximum atomic E-state index is 11.4. The van der Waals surface area contributed by atoms with Gasteiger partial charge in [0.25, 0.3) is 0 Å². The SMILES string of the molecule is COc1cccc(N=Nc2c(C(=O)O)nc3ccc(Cl)cn23)c1. The Hall–Kier alpha value is -2.93. The third-order valence-corrected chi connectivity index (χ3v) is 3.30. The van der Waals surface area contributed by atoms with Crippen molar-refractivity contribution in [3.63, 3.8) is 0 Å². The number of ether oxygens (including phenoxy) is 1. The van der Waals surface area contributed by atoms with Gasteiger partial charge in [0, 0.05) is 12.3 Å². The molecule has 1 N–H and O–H groups in total. The summed E-state index contributed by atoms with van der Waals surface area (Å²) in [6.45, 7) is 0. The number of fused-ring (bicyclic) bond motifs is 1. The first-order valence-electron chi connectivity index (χ1n) is 6.55. The van der Waals surface area contributed by atoms with Crippen molar-refractivity contribution in [1.29, 1.82) is 0 Å². The second-order valence-electron chi connectivity index (χ2n) is 4.57. The van der Waals surface area contributed by atoms with Crippen LogP contribution in [0.25, 0.3) is 5.65 Å². The van der Waals surface area contributed by atoms with Crippen LogP contribution in [-0.2, 0) is 0 Å². The van der Waals surface area contributed by atoms with Crippen LogP contribution in [0.2, 0.25) is 5.02 Å². The fourth-order valence-electron chi connectivity index (χ4n) is 2.02. The smallest absolute Gasteiger partial charge is 0.358 e. The molecular formula is C15H11ClN4O3. The van der Waals surface area contributed by atoms with Crippen LogP contribution in [0.3, 0.4) is 0 Å². The summed E-state index contributed by atoms with van der Waals surface area (Å²) in [4.78, 5) is 15.4. The first kappa shape index (κ1) is 15.0. The number of pyridine rings is 1. The molecule has 0 atom stereocenters. The van der Waals surface area contributed by atoms with Crippen molar-refractivity contribution in [3.05, 3.63) is 53.3 Å². The number of methoxy groups -OCH3 is 1. The Kier molecular flexibility index (Phi) is 3.94. The minimum absolute atomic E-state index is 0.0952. The highest BCUT2D eigenvalue weighted by molar-refractivity contribution is 6.30. The number of aromatic nitrogens is 2. The fourth-order valence-corrected chi connectivity index (χ4v) is 2.18. The van der Waals surface area contributed by atoms with Gasteiger partial charge in [-0.1, -0.05) is 17.7 Å². The van der Waals surface area contributed by atoms with Crippen molar-refractivity contribution < 1.29 is 14.6 Å². The third kappa shape index (κ3) is 3.00. The van der Waals surface area contributed by atoms with Gasteiger partial charge in [-0.3, -0.25) is 4.40 Å². The number of hydrogen-bond donors (Lipinski definition) is 1. The van der Waals surface area contributed by atoms with Crippen LogP contribution in [0.15, 0.2) is 52.8 Å². The van der Waals surface area contributed by atoms with Gasteiger partial charge in [0.05, 0.1) is 17.8 Å². The zero-order chi connectivity index (χ0) is 16.4. The zero-order valence-corrected chi connectivity index (χ0v) is 12.7. The van der Waals surface area contributed by atoms with Crippen molar-refractivity contribution >= 4 is 34.7 Å². The maximum Gasteiger partial charge on any atom is 0.358 e. The lowest BCUT2D eigenvalue weighted by Crippen LogP contribution is -1.96. The lowest BCUT2D eigenvalue weighted by Gasteiger charge is -2.00. The van der Waals surface area contributed by atoms with Gasteiger partial charge in [0.15, 0.2) is 11.5 Å². The molecule has 0 radical (unpaired) electrons. The van der Waals surface area contributed by atoms with Gasteiger partial charge in [-0.15, -0.1) is 10.2 Å². The molecule has 23 heavy (non-hydrogen) atoms. The second kappa shape index (κ2) is 6.05. The number of imidazole rings is 1. The minimum Gasteiger partial charge on any atom is -0.497 e. The Morgan fingerprint density at radius 3 is 2.87 bits per heavy atom. The standard InChI is InChI=1S/C15H11ClN4O3/c1-23-11-4-2-3-10(7-11)18-19-14-13(15(21)22)17-12-6-5-9(16)8-20(12)14/h2-8H,1H3,(H,21,22). The van der Waals surface area contributed by atoms with E-state index in [0.29, 0.717) is 22.1 Å². The molecule has 0 spiro atoms. The molecule has 0 unspecified atom stereocenters. The summed E-state index contributed by atoms with van der Waals surface area (Å²) in [5, 5.41) is 17.8. The van der Waals surface area contributed by atoms with Crippen molar-refractivity contribution in [2.75, 3.05) is 7.11 Å². The molecule has 1 aromatic carbocycles. The number of rotatable bonds is 4.